The molecule has 3 rings (SSSR count). The number of anilines is 2. The van der Waals surface area contributed by atoms with Gasteiger partial charge in [-0.1, -0.05) is 0 Å². The number of nitrogens with one attached hydrogen (secondary N) is 1. The van der Waals surface area contributed by atoms with Crippen LogP contribution in [0, 0.1) is 0 Å². The van der Waals surface area contributed by atoms with Crippen LogP contribution in [0.3, 0.4) is 0 Å². The number of nitrogens with two attached hydrogens (primary N) is 1. The fourth-order valence-corrected chi connectivity index (χ4v) is 2.16. The summed E-state index contributed by atoms with van der Waals surface area (Å²) in [4.78, 5) is 12.2. The first-order valence-corrected chi connectivity index (χ1v) is 6.83. The molecule has 1 aliphatic heterocycles. The Morgan fingerprint density at radius 3 is 2.67 bits per heavy atom. The van der Waals surface area contributed by atoms with Gasteiger partial charge >= 0.3 is 0 Å². The first kappa shape index (κ1) is 13.6. The Morgan fingerprint density at radius 1 is 1.24 bits per heavy atom. The van der Waals surface area contributed by atoms with Crippen LogP contribution in [0.4, 0.5) is 11.4 Å². The van der Waals surface area contributed by atoms with E-state index in [2.05, 4.69) is 21.2 Å². The number of hydrogen-bond acceptors (Lipinski definition) is 5. The minimum Gasteiger partial charge on any atom is -0.507 e. The predicted molar refractivity (Wildman–Crippen MR) is 80.7 cm³/mol. The van der Waals surface area contributed by atoms with Crippen LogP contribution in [0.1, 0.15) is 10.4 Å². The number of rotatable bonds is 2. The molecule has 1 aliphatic rings. The van der Waals surface area contributed by atoms with Gasteiger partial charge in [0.1, 0.15) is 5.75 Å². The van der Waals surface area contributed by atoms with Crippen molar-refractivity contribution in [3.05, 3.63) is 40.4 Å². The zero-order valence-electron chi connectivity index (χ0n) is 10.7. The number of carbonyl (C=O) groups is 1. The number of aromatic hydroxyl groups is 1. The van der Waals surface area contributed by atoms with E-state index in [-0.39, 0.29) is 18.4 Å². The third-order valence-corrected chi connectivity index (χ3v) is 3.67. The lowest BCUT2D eigenvalue weighted by atomic mass is 10.2. The van der Waals surface area contributed by atoms with Crippen LogP contribution in [-0.4, -0.2) is 17.8 Å². The zero-order chi connectivity index (χ0) is 15.0. The van der Waals surface area contributed by atoms with Gasteiger partial charge in [-0.2, -0.15) is 0 Å². The molecule has 0 aromatic heterocycles. The van der Waals surface area contributed by atoms with Gasteiger partial charge in [0.15, 0.2) is 11.5 Å². The predicted octanol–water partition coefficient (Wildman–Crippen LogP) is 2.72. The molecule has 21 heavy (non-hydrogen) atoms. The SMILES string of the molecule is Nc1cc2c(cc1NC(=O)c1ccc(Br)c(O)c1)OCO2. The molecule has 0 saturated heterocycles. The summed E-state index contributed by atoms with van der Waals surface area (Å²) in [6.45, 7) is 0.132. The quantitative estimate of drug-likeness (QED) is 0.724. The minimum atomic E-state index is -0.386. The molecular formula is C14H11BrN2O4. The Labute approximate surface area is 128 Å². The number of benzene rings is 2. The smallest absolute Gasteiger partial charge is 0.255 e. The maximum Gasteiger partial charge on any atom is 0.255 e. The summed E-state index contributed by atoms with van der Waals surface area (Å²) in [7, 11) is 0. The summed E-state index contributed by atoms with van der Waals surface area (Å²) >= 11 is 3.16. The molecule has 4 N–H and O–H groups in total. The molecule has 0 atom stereocenters. The van der Waals surface area contributed by atoms with E-state index < -0.39 is 0 Å². The topological polar surface area (TPSA) is 93.8 Å². The molecule has 2 aromatic carbocycles. The molecule has 0 bridgehead atoms. The highest BCUT2D eigenvalue weighted by Crippen LogP contribution is 2.38. The molecule has 0 unspecified atom stereocenters. The van der Waals surface area contributed by atoms with Crippen molar-refractivity contribution < 1.29 is 19.4 Å². The lowest BCUT2D eigenvalue weighted by molar-refractivity contribution is 0.102. The number of ether oxygens (including phenoxy) is 2. The van der Waals surface area contributed by atoms with E-state index in [0.717, 1.165) is 0 Å². The largest absolute Gasteiger partial charge is 0.507 e. The number of phenolic OH excluding ortho intramolecular Hbond substituents is 1. The fraction of sp³-hybridized carbons (Fsp3) is 0.0714. The van der Waals surface area contributed by atoms with Crippen LogP contribution in [0.15, 0.2) is 34.8 Å². The second-order valence-electron chi connectivity index (χ2n) is 4.41. The average Bonchev–Trinajstić information content (AvgIpc) is 2.89. The maximum absolute atomic E-state index is 12.2. The molecule has 0 saturated carbocycles. The molecule has 6 nitrogen and oxygen atoms in total. The molecular weight excluding hydrogens is 340 g/mol. The third-order valence-electron chi connectivity index (χ3n) is 3.00. The molecule has 0 aliphatic carbocycles. The van der Waals surface area contributed by atoms with Gasteiger partial charge in [0.25, 0.3) is 5.91 Å². The normalized spacial score (nSPS) is 12.2. The number of carbonyl (C=O) groups excluding carboxylic acids is 1. The number of halogens is 1. The number of phenols is 1. The van der Waals surface area contributed by atoms with Crippen LogP contribution in [0.2, 0.25) is 0 Å². The summed E-state index contributed by atoms with van der Waals surface area (Å²) < 4.78 is 11.0. The molecule has 2 aromatic rings. The minimum absolute atomic E-state index is 0.0127. The van der Waals surface area contributed by atoms with Gasteiger partial charge in [-0.3, -0.25) is 4.79 Å². The third kappa shape index (κ3) is 2.59. The van der Waals surface area contributed by atoms with Gasteiger partial charge in [-0.05, 0) is 34.1 Å². The van der Waals surface area contributed by atoms with E-state index in [1.54, 1.807) is 24.3 Å². The van der Waals surface area contributed by atoms with Gasteiger partial charge in [0.05, 0.1) is 15.8 Å². The number of amides is 1. The highest BCUT2D eigenvalue weighted by atomic mass is 79.9. The molecule has 7 heteroatoms. The van der Waals surface area contributed by atoms with Crippen LogP contribution in [0.25, 0.3) is 0 Å². The van der Waals surface area contributed by atoms with Gasteiger partial charge in [0, 0.05) is 17.7 Å². The second-order valence-corrected chi connectivity index (χ2v) is 5.27. The number of fused-ring (bicyclic) bond motifs is 1. The highest BCUT2D eigenvalue weighted by Gasteiger charge is 2.18. The molecule has 0 radical (unpaired) electrons. The Balaban J connectivity index is 1.86. The van der Waals surface area contributed by atoms with Crippen molar-refractivity contribution in [3.63, 3.8) is 0 Å². The van der Waals surface area contributed by atoms with Crippen molar-refractivity contribution >= 4 is 33.2 Å². The van der Waals surface area contributed by atoms with Gasteiger partial charge < -0.3 is 25.6 Å². The zero-order valence-corrected chi connectivity index (χ0v) is 12.3. The Hall–Kier alpha value is -2.41. The van der Waals surface area contributed by atoms with Crippen molar-refractivity contribution in [2.45, 2.75) is 0 Å². The molecule has 108 valence electrons. The maximum atomic E-state index is 12.2. The first-order valence-electron chi connectivity index (χ1n) is 6.03. The Morgan fingerprint density at radius 2 is 1.95 bits per heavy atom. The lowest BCUT2D eigenvalue weighted by Crippen LogP contribution is -2.13. The van der Waals surface area contributed by atoms with Crippen LogP contribution in [-0.2, 0) is 0 Å². The van der Waals surface area contributed by atoms with Gasteiger partial charge in [0.2, 0.25) is 6.79 Å². The summed E-state index contributed by atoms with van der Waals surface area (Å²) in [5.41, 5.74) is 6.97. The number of nitrogen functional groups attached to an aromatic ring is 1. The molecule has 0 fully saturated rings. The van der Waals surface area contributed by atoms with E-state index >= 15 is 0 Å². The number of hydrogen-bond donors (Lipinski definition) is 3. The standard InChI is InChI=1S/C14H11BrN2O4/c15-8-2-1-7(3-11(8)18)14(19)17-10-5-13-12(4-9(10)16)20-6-21-13/h1-5,18H,6,16H2,(H,17,19). The van der Waals surface area contributed by atoms with E-state index in [0.29, 0.717) is 32.9 Å². The van der Waals surface area contributed by atoms with Crippen molar-refractivity contribution in [1.82, 2.24) is 0 Å². The second kappa shape index (κ2) is 5.17. The average molecular weight is 351 g/mol. The van der Waals surface area contributed by atoms with E-state index in [4.69, 9.17) is 15.2 Å². The Kier molecular flexibility index (Phi) is 3.34. The van der Waals surface area contributed by atoms with Gasteiger partial charge in [-0.25, -0.2) is 0 Å². The monoisotopic (exact) mass is 350 g/mol. The Bertz CT molecular complexity index is 733. The van der Waals surface area contributed by atoms with E-state index in [1.807, 2.05) is 0 Å². The first-order chi connectivity index (χ1) is 10.0. The van der Waals surface area contributed by atoms with Crippen LogP contribution < -0.4 is 20.5 Å². The molecule has 0 spiro atoms. The van der Waals surface area contributed by atoms with Crippen molar-refractivity contribution in [2.24, 2.45) is 0 Å². The summed E-state index contributed by atoms with van der Waals surface area (Å²) in [6, 6.07) is 7.74. The highest BCUT2D eigenvalue weighted by molar-refractivity contribution is 9.10. The van der Waals surface area contributed by atoms with E-state index in [9.17, 15) is 9.90 Å². The lowest BCUT2D eigenvalue weighted by Gasteiger charge is -2.10. The summed E-state index contributed by atoms with van der Waals surface area (Å²) in [5, 5.41) is 12.3. The summed E-state index contributed by atoms with van der Waals surface area (Å²) in [6.07, 6.45) is 0. The van der Waals surface area contributed by atoms with E-state index in [1.165, 1.54) is 6.07 Å². The molecule has 1 amide bonds. The summed E-state index contributed by atoms with van der Waals surface area (Å²) in [5.74, 6) is 0.676. The van der Waals surface area contributed by atoms with Gasteiger partial charge in [-0.15, -0.1) is 0 Å². The fourth-order valence-electron chi connectivity index (χ4n) is 1.91. The van der Waals surface area contributed by atoms with Crippen molar-refractivity contribution in [1.29, 1.82) is 0 Å². The van der Waals surface area contributed by atoms with Crippen molar-refractivity contribution in [2.75, 3.05) is 17.8 Å². The van der Waals surface area contributed by atoms with Crippen LogP contribution >= 0.6 is 15.9 Å². The van der Waals surface area contributed by atoms with Crippen LogP contribution in [0.5, 0.6) is 17.2 Å². The molecule has 1 heterocycles. The van der Waals surface area contributed by atoms with Crippen molar-refractivity contribution in [3.8, 4) is 17.2 Å².